The van der Waals surface area contributed by atoms with Crippen LogP contribution in [0.4, 0.5) is 5.69 Å². The van der Waals surface area contributed by atoms with Crippen molar-refractivity contribution in [2.24, 2.45) is 5.73 Å². The molecule has 0 saturated heterocycles. The first-order valence-corrected chi connectivity index (χ1v) is 9.69. The third-order valence-electron chi connectivity index (χ3n) is 4.82. The number of ether oxygens (including phenoxy) is 1. The number of rotatable bonds is 8. The minimum atomic E-state index is -0.553. The maximum Gasteiger partial charge on any atom is 0.267 e. The first kappa shape index (κ1) is 22.7. The highest BCUT2D eigenvalue weighted by atomic mass is 35.5. The highest BCUT2D eigenvalue weighted by molar-refractivity contribution is 6.00. The van der Waals surface area contributed by atoms with E-state index in [1.54, 1.807) is 11.8 Å². The summed E-state index contributed by atoms with van der Waals surface area (Å²) in [5.74, 6) is 0.566. The minimum Gasteiger partial charge on any atom is -0.479 e. The topological polar surface area (TPSA) is 75.9 Å². The van der Waals surface area contributed by atoms with E-state index < -0.39 is 6.10 Å². The molecule has 0 spiro atoms. The van der Waals surface area contributed by atoms with E-state index in [4.69, 9.17) is 10.5 Å². The van der Waals surface area contributed by atoms with Gasteiger partial charge in [-0.1, -0.05) is 42.5 Å². The Bertz CT molecular complexity index is 816. The molecular weight excluding hydrogens is 390 g/mol. The van der Waals surface area contributed by atoms with Crippen molar-refractivity contribution >= 4 is 29.9 Å². The average Bonchev–Trinajstić information content (AvgIpc) is 2.72. The maximum atomic E-state index is 12.9. The second kappa shape index (κ2) is 10.8. The van der Waals surface area contributed by atoms with Crippen molar-refractivity contribution in [2.45, 2.75) is 32.4 Å². The lowest BCUT2D eigenvalue weighted by Crippen LogP contribution is -2.46. The van der Waals surface area contributed by atoms with Gasteiger partial charge in [0.2, 0.25) is 5.91 Å². The third-order valence-corrected chi connectivity index (χ3v) is 4.82. The Kier molecular flexibility index (Phi) is 8.49. The number of para-hydroxylation sites is 2. The molecule has 7 heteroatoms. The Morgan fingerprint density at radius 3 is 2.55 bits per heavy atom. The van der Waals surface area contributed by atoms with Crippen LogP contribution in [0.3, 0.4) is 0 Å². The molecule has 2 N–H and O–H groups in total. The Labute approximate surface area is 178 Å². The zero-order valence-corrected chi connectivity index (χ0v) is 17.4. The fourth-order valence-electron chi connectivity index (χ4n) is 3.33. The summed E-state index contributed by atoms with van der Waals surface area (Å²) in [5.41, 5.74) is 7.44. The van der Waals surface area contributed by atoms with Crippen LogP contribution in [0.15, 0.2) is 54.6 Å². The molecule has 2 aromatic carbocycles. The molecule has 0 aliphatic carbocycles. The van der Waals surface area contributed by atoms with Gasteiger partial charge in [-0.2, -0.15) is 0 Å². The maximum absolute atomic E-state index is 12.9. The van der Waals surface area contributed by atoms with Crippen molar-refractivity contribution in [3.05, 3.63) is 60.2 Å². The molecule has 0 radical (unpaired) electrons. The number of halogens is 1. The van der Waals surface area contributed by atoms with Crippen molar-refractivity contribution in [3.63, 3.8) is 0 Å². The van der Waals surface area contributed by atoms with E-state index in [0.717, 1.165) is 17.7 Å². The van der Waals surface area contributed by atoms with Gasteiger partial charge in [-0.3, -0.25) is 9.59 Å². The molecule has 6 nitrogen and oxygen atoms in total. The first-order valence-electron chi connectivity index (χ1n) is 9.69. The Morgan fingerprint density at radius 1 is 1.14 bits per heavy atom. The molecule has 29 heavy (non-hydrogen) atoms. The van der Waals surface area contributed by atoms with Gasteiger partial charge in [-0.05, 0) is 37.6 Å². The van der Waals surface area contributed by atoms with Crippen LogP contribution in [0.2, 0.25) is 0 Å². The van der Waals surface area contributed by atoms with Gasteiger partial charge in [-0.25, -0.2) is 0 Å². The van der Waals surface area contributed by atoms with Crippen molar-refractivity contribution in [1.82, 2.24) is 4.90 Å². The van der Waals surface area contributed by atoms with E-state index in [0.29, 0.717) is 31.9 Å². The van der Waals surface area contributed by atoms with E-state index in [1.807, 2.05) is 59.5 Å². The van der Waals surface area contributed by atoms with E-state index in [-0.39, 0.29) is 30.6 Å². The van der Waals surface area contributed by atoms with E-state index in [2.05, 4.69) is 0 Å². The number of fused-ring (bicyclic) bond motifs is 1. The summed E-state index contributed by atoms with van der Waals surface area (Å²) in [7, 11) is 0. The number of anilines is 1. The van der Waals surface area contributed by atoms with Crippen LogP contribution in [0.5, 0.6) is 5.75 Å². The van der Waals surface area contributed by atoms with Crippen molar-refractivity contribution in [3.8, 4) is 5.75 Å². The highest BCUT2D eigenvalue weighted by Crippen LogP contribution is 2.33. The number of benzene rings is 2. The smallest absolute Gasteiger partial charge is 0.267 e. The second-order valence-corrected chi connectivity index (χ2v) is 6.91. The molecular formula is C22H28ClN3O3. The van der Waals surface area contributed by atoms with Gasteiger partial charge < -0.3 is 20.3 Å². The van der Waals surface area contributed by atoms with Gasteiger partial charge in [0, 0.05) is 26.1 Å². The molecule has 1 heterocycles. The molecule has 0 bridgehead atoms. The van der Waals surface area contributed by atoms with Gasteiger partial charge in [0.25, 0.3) is 5.91 Å². The average molecular weight is 418 g/mol. The lowest BCUT2D eigenvalue weighted by Gasteiger charge is -2.33. The van der Waals surface area contributed by atoms with Crippen LogP contribution in [-0.2, 0) is 16.1 Å². The third kappa shape index (κ3) is 5.71. The number of amides is 2. The molecule has 2 amide bonds. The fraction of sp³-hybridized carbons (Fsp3) is 0.364. The lowest BCUT2D eigenvalue weighted by atomic mass is 10.1. The second-order valence-electron chi connectivity index (χ2n) is 6.91. The Balaban J connectivity index is 0.00000300. The van der Waals surface area contributed by atoms with Gasteiger partial charge in [-0.15, -0.1) is 12.4 Å². The fourth-order valence-corrected chi connectivity index (χ4v) is 3.33. The molecule has 156 valence electrons. The standard InChI is InChI=1S/C22H27N3O3.ClH/c1-17-22(27)25(19-10-5-6-11-20(19)28-17)15-12-21(26)24(14-7-13-23)16-18-8-3-2-4-9-18;/h2-6,8-11,17H,7,12-16,23H2,1H3;1H. The van der Waals surface area contributed by atoms with E-state index in [9.17, 15) is 9.59 Å². The number of nitrogens with two attached hydrogens (primary N) is 1. The SMILES string of the molecule is CC1Oc2ccccc2N(CCC(=O)N(CCCN)Cc2ccccc2)C1=O.Cl. The monoisotopic (exact) mass is 417 g/mol. The van der Waals surface area contributed by atoms with Crippen LogP contribution >= 0.6 is 12.4 Å². The molecule has 0 aromatic heterocycles. The quantitative estimate of drug-likeness (QED) is 0.716. The van der Waals surface area contributed by atoms with Crippen LogP contribution in [0.1, 0.15) is 25.3 Å². The van der Waals surface area contributed by atoms with E-state index >= 15 is 0 Å². The van der Waals surface area contributed by atoms with Crippen molar-refractivity contribution in [2.75, 3.05) is 24.5 Å². The summed E-state index contributed by atoms with van der Waals surface area (Å²) < 4.78 is 5.66. The summed E-state index contributed by atoms with van der Waals surface area (Å²) in [5, 5.41) is 0. The van der Waals surface area contributed by atoms with Crippen LogP contribution in [0.25, 0.3) is 0 Å². The summed E-state index contributed by atoms with van der Waals surface area (Å²) in [6, 6.07) is 17.3. The predicted molar refractivity (Wildman–Crippen MR) is 116 cm³/mol. The van der Waals surface area contributed by atoms with Crippen LogP contribution < -0.4 is 15.4 Å². The summed E-state index contributed by atoms with van der Waals surface area (Å²) in [6.07, 6.45) is 0.446. The molecule has 0 saturated carbocycles. The van der Waals surface area contributed by atoms with Gasteiger partial charge in [0.05, 0.1) is 5.69 Å². The van der Waals surface area contributed by atoms with Crippen molar-refractivity contribution in [1.29, 1.82) is 0 Å². The molecule has 1 unspecified atom stereocenters. The molecule has 1 aliphatic rings. The number of carbonyl (C=O) groups is 2. The number of nitrogens with zero attached hydrogens (tertiary/aromatic N) is 2. The summed E-state index contributed by atoms with van der Waals surface area (Å²) >= 11 is 0. The summed E-state index contributed by atoms with van der Waals surface area (Å²) in [4.78, 5) is 29.0. The Hall–Kier alpha value is -2.57. The molecule has 1 aliphatic heterocycles. The largest absolute Gasteiger partial charge is 0.479 e. The van der Waals surface area contributed by atoms with Gasteiger partial charge >= 0.3 is 0 Å². The van der Waals surface area contributed by atoms with E-state index in [1.165, 1.54) is 0 Å². The zero-order valence-electron chi connectivity index (χ0n) is 16.6. The normalized spacial score (nSPS) is 15.2. The Morgan fingerprint density at radius 2 is 1.83 bits per heavy atom. The molecule has 1 atom stereocenters. The molecule has 2 aromatic rings. The molecule has 0 fully saturated rings. The lowest BCUT2D eigenvalue weighted by molar-refractivity contribution is -0.131. The van der Waals surface area contributed by atoms with Crippen LogP contribution in [0, 0.1) is 0 Å². The van der Waals surface area contributed by atoms with Gasteiger partial charge in [0.15, 0.2) is 6.10 Å². The van der Waals surface area contributed by atoms with Crippen LogP contribution in [-0.4, -0.2) is 42.5 Å². The first-order chi connectivity index (χ1) is 13.6. The molecule has 3 rings (SSSR count). The number of carbonyl (C=O) groups excluding carboxylic acids is 2. The highest BCUT2D eigenvalue weighted by Gasteiger charge is 2.31. The minimum absolute atomic E-state index is 0. The predicted octanol–water partition coefficient (Wildman–Crippen LogP) is 2.99. The number of hydrogen-bond acceptors (Lipinski definition) is 4. The summed E-state index contributed by atoms with van der Waals surface area (Å²) in [6.45, 7) is 3.75. The van der Waals surface area contributed by atoms with Crippen molar-refractivity contribution < 1.29 is 14.3 Å². The van der Waals surface area contributed by atoms with Gasteiger partial charge in [0.1, 0.15) is 5.75 Å². The number of hydrogen-bond donors (Lipinski definition) is 1. The zero-order chi connectivity index (χ0) is 19.9.